The first-order valence-corrected chi connectivity index (χ1v) is 12.3. The van der Waals surface area contributed by atoms with E-state index in [1.54, 1.807) is 14.2 Å². The molecule has 0 unspecified atom stereocenters. The maximum atomic E-state index is 9.67. The lowest BCUT2D eigenvalue weighted by Crippen LogP contribution is -2.37. The van der Waals surface area contributed by atoms with Crippen LogP contribution in [0, 0.1) is 25.2 Å². The molecule has 0 radical (unpaired) electrons. The van der Waals surface area contributed by atoms with Crippen molar-refractivity contribution in [2.75, 3.05) is 39.2 Å². The van der Waals surface area contributed by atoms with Crippen molar-refractivity contribution < 1.29 is 18.6 Å². The molecular weight excluding hydrogens is 456 g/mol. The molecule has 1 aliphatic rings. The van der Waals surface area contributed by atoms with Crippen molar-refractivity contribution in [3.8, 4) is 23.3 Å². The Balaban J connectivity index is 1.53. The van der Waals surface area contributed by atoms with Crippen LogP contribution in [0.2, 0.25) is 0 Å². The largest absolute Gasteiger partial charge is 0.497 e. The van der Waals surface area contributed by atoms with E-state index in [2.05, 4.69) is 27.3 Å². The topological polar surface area (TPSA) is 92.8 Å². The third-order valence-corrected chi connectivity index (χ3v) is 6.54. The molecule has 2 heterocycles. The molecule has 0 aliphatic carbocycles. The van der Waals surface area contributed by atoms with E-state index in [9.17, 15) is 5.26 Å². The average Bonchev–Trinajstić information content (AvgIpc) is 3.31. The molecule has 0 bridgehead atoms. The minimum Gasteiger partial charge on any atom is -0.497 e. The number of nitrogens with one attached hydrogen (secondary N) is 1. The molecule has 36 heavy (non-hydrogen) atoms. The van der Waals surface area contributed by atoms with Crippen molar-refractivity contribution >= 4 is 5.88 Å². The molecular formula is C28H34N4O4. The summed E-state index contributed by atoms with van der Waals surface area (Å²) in [5.74, 6) is 3.04. The fraction of sp³-hybridized carbons (Fsp3) is 0.429. The number of aromatic nitrogens is 1. The number of piperidine rings is 1. The van der Waals surface area contributed by atoms with Gasteiger partial charge in [-0.15, -0.1) is 0 Å². The molecule has 1 aliphatic heterocycles. The van der Waals surface area contributed by atoms with Crippen LogP contribution >= 0.6 is 0 Å². The maximum absolute atomic E-state index is 9.67. The minimum absolute atomic E-state index is 0.00176. The maximum Gasteiger partial charge on any atom is 0.236 e. The van der Waals surface area contributed by atoms with E-state index in [4.69, 9.17) is 18.6 Å². The summed E-state index contributed by atoms with van der Waals surface area (Å²) in [6.07, 6.45) is 3.53. The van der Waals surface area contributed by atoms with Gasteiger partial charge in [-0.1, -0.05) is 24.1 Å². The Hall–Kier alpha value is -3.70. The highest BCUT2D eigenvalue weighted by Gasteiger charge is 2.27. The Bertz CT molecular complexity index is 1210. The molecule has 0 saturated carbocycles. The van der Waals surface area contributed by atoms with E-state index >= 15 is 0 Å². The Labute approximate surface area is 212 Å². The van der Waals surface area contributed by atoms with Crippen molar-refractivity contribution in [1.82, 2.24) is 9.88 Å². The summed E-state index contributed by atoms with van der Waals surface area (Å²) in [5, 5.41) is 13.0. The number of aryl methyl sites for hydroxylation is 2. The Morgan fingerprint density at radius 2 is 1.83 bits per heavy atom. The smallest absolute Gasteiger partial charge is 0.236 e. The SMILES string of the molecule is COc1ccc(OC)c([C@H](CNc2oc(COc3ccc(C)cc3C)nc2C#N)N2CCCCC2)c1. The zero-order valence-electron chi connectivity index (χ0n) is 21.5. The van der Waals surface area contributed by atoms with Gasteiger partial charge in [0.15, 0.2) is 6.61 Å². The number of nitriles is 1. The standard InChI is InChI=1S/C28H34N4O4/c1-19-8-10-25(20(2)14-19)35-18-27-31-23(16-29)28(36-27)30-17-24(32-12-6-5-7-13-32)22-15-21(33-3)9-11-26(22)34-4/h8-11,14-15,24,30H,5-7,12-13,17-18H2,1-4H3/t24-/m0/s1. The Kier molecular flexibility index (Phi) is 8.34. The first kappa shape index (κ1) is 25.4. The van der Waals surface area contributed by atoms with Gasteiger partial charge < -0.3 is 23.9 Å². The van der Waals surface area contributed by atoms with Crippen LogP contribution in [0.4, 0.5) is 5.88 Å². The predicted octanol–water partition coefficient (Wildman–Crippen LogP) is 5.40. The fourth-order valence-corrected chi connectivity index (χ4v) is 4.68. The third-order valence-electron chi connectivity index (χ3n) is 6.54. The summed E-state index contributed by atoms with van der Waals surface area (Å²) < 4.78 is 23.0. The number of hydrogen-bond acceptors (Lipinski definition) is 8. The van der Waals surface area contributed by atoms with Gasteiger partial charge in [-0.3, -0.25) is 4.90 Å². The van der Waals surface area contributed by atoms with Gasteiger partial charge in [0.1, 0.15) is 23.3 Å². The van der Waals surface area contributed by atoms with Crippen LogP contribution < -0.4 is 19.5 Å². The highest BCUT2D eigenvalue weighted by atomic mass is 16.5. The number of rotatable bonds is 10. The fourth-order valence-electron chi connectivity index (χ4n) is 4.68. The molecule has 1 aromatic heterocycles. The van der Waals surface area contributed by atoms with E-state index in [1.807, 2.05) is 44.2 Å². The Morgan fingerprint density at radius 3 is 2.53 bits per heavy atom. The molecule has 0 spiro atoms. The molecule has 190 valence electrons. The van der Waals surface area contributed by atoms with Crippen LogP contribution in [0.3, 0.4) is 0 Å². The molecule has 2 aromatic carbocycles. The molecule has 4 rings (SSSR count). The number of ether oxygens (including phenoxy) is 3. The molecule has 3 aromatic rings. The highest BCUT2D eigenvalue weighted by Crippen LogP contribution is 2.35. The van der Waals surface area contributed by atoms with Crippen molar-refractivity contribution in [1.29, 1.82) is 5.26 Å². The molecule has 1 atom stereocenters. The third kappa shape index (κ3) is 5.92. The lowest BCUT2D eigenvalue weighted by molar-refractivity contribution is 0.167. The summed E-state index contributed by atoms with van der Waals surface area (Å²) in [7, 11) is 3.34. The number of oxazole rings is 1. The molecule has 8 nitrogen and oxygen atoms in total. The average molecular weight is 491 g/mol. The van der Waals surface area contributed by atoms with Gasteiger partial charge in [-0.25, -0.2) is 0 Å². The van der Waals surface area contributed by atoms with Gasteiger partial charge in [0.2, 0.25) is 17.5 Å². The zero-order chi connectivity index (χ0) is 25.5. The first-order valence-electron chi connectivity index (χ1n) is 12.3. The van der Waals surface area contributed by atoms with Gasteiger partial charge in [-0.2, -0.15) is 10.2 Å². The minimum atomic E-state index is 0.00176. The summed E-state index contributed by atoms with van der Waals surface area (Å²) in [4.78, 5) is 6.79. The van der Waals surface area contributed by atoms with Crippen molar-refractivity contribution in [2.24, 2.45) is 0 Å². The molecule has 1 saturated heterocycles. The lowest BCUT2D eigenvalue weighted by atomic mass is 10.00. The van der Waals surface area contributed by atoms with Gasteiger partial charge in [0.05, 0.1) is 20.3 Å². The van der Waals surface area contributed by atoms with Crippen LogP contribution in [0.5, 0.6) is 17.2 Å². The van der Waals surface area contributed by atoms with Crippen LogP contribution in [0.25, 0.3) is 0 Å². The number of likely N-dealkylation sites (tertiary alicyclic amines) is 1. The van der Waals surface area contributed by atoms with Gasteiger partial charge in [-0.05, 0) is 69.6 Å². The van der Waals surface area contributed by atoms with Crippen LogP contribution in [0.15, 0.2) is 40.8 Å². The zero-order valence-corrected chi connectivity index (χ0v) is 21.5. The second-order valence-electron chi connectivity index (χ2n) is 9.06. The first-order chi connectivity index (χ1) is 17.5. The second kappa shape index (κ2) is 11.8. The quantitative estimate of drug-likeness (QED) is 0.404. The molecule has 1 fully saturated rings. The van der Waals surface area contributed by atoms with Crippen molar-refractivity contribution in [2.45, 2.75) is 45.8 Å². The molecule has 1 N–H and O–H groups in total. The predicted molar refractivity (Wildman–Crippen MR) is 138 cm³/mol. The second-order valence-corrected chi connectivity index (χ2v) is 9.06. The molecule has 8 heteroatoms. The van der Waals surface area contributed by atoms with E-state index < -0.39 is 0 Å². The number of hydrogen-bond donors (Lipinski definition) is 1. The number of benzene rings is 2. The van der Waals surface area contributed by atoms with Crippen LogP contribution in [-0.2, 0) is 6.61 Å². The van der Waals surface area contributed by atoms with E-state index in [1.165, 1.54) is 12.0 Å². The number of nitrogens with zero attached hydrogens (tertiary/aromatic N) is 3. The number of methoxy groups -OCH3 is 2. The van der Waals surface area contributed by atoms with E-state index in [-0.39, 0.29) is 18.3 Å². The van der Waals surface area contributed by atoms with E-state index in [0.29, 0.717) is 18.3 Å². The monoisotopic (exact) mass is 490 g/mol. The summed E-state index contributed by atoms with van der Waals surface area (Å²) in [6, 6.07) is 14.0. The lowest BCUT2D eigenvalue weighted by Gasteiger charge is -2.35. The van der Waals surface area contributed by atoms with Crippen LogP contribution in [-0.4, -0.2) is 43.7 Å². The summed E-state index contributed by atoms with van der Waals surface area (Å²) in [5.41, 5.74) is 3.45. The Morgan fingerprint density at radius 1 is 1.06 bits per heavy atom. The van der Waals surface area contributed by atoms with Crippen LogP contribution in [0.1, 0.15) is 53.6 Å². The van der Waals surface area contributed by atoms with Crippen molar-refractivity contribution in [3.63, 3.8) is 0 Å². The normalized spacial score (nSPS) is 14.6. The van der Waals surface area contributed by atoms with Gasteiger partial charge >= 0.3 is 0 Å². The number of anilines is 1. The van der Waals surface area contributed by atoms with Gasteiger partial charge in [0, 0.05) is 12.1 Å². The highest BCUT2D eigenvalue weighted by molar-refractivity contribution is 5.47. The summed E-state index contributed by atoms with van der Waals surface area (Å²) >= 11 is 0. The molecule has 0 amide bonds. The summed E-state index contributed by atoms with van der Waals surface area (Å²) in [6.45, 7) is 6.68. The van der Waals surface area contributed by atoms with E-state index in [0.717, 1.165) is 54.3 Å². The van der Waals surface area contributed by atoms with Gasteiger partial charge in [0.25, 0.3) is 0 Å². The van der Waals surface area contributed by atoms with Crippen molar-refractivity contribution in [3.05, 3.63) is 64.7 Å².